The highest BCUT2D eigenvalue weighted by atomic mass is 15.1. The molecule has 0 radical (unpaired) electrons. The number of anilines is 2. The summed E-state index contributed by atoms with van der Waals surface area (Å²) in [6, 6.07) is 16.4. The second-order valence-electron chi connectivity index (χ2n) is 5.71. The standard InChI is InChI=1S/C18H24N4/c1-21(2)15-9-5-13(6-10-15)17(18(19)20)14-7-11-16(12-8-14)22(3)4/h5-12H,19-20H2,1-4H3. The van der Waals surface area contributed by atoms with Gasteiger partial charge in [-0.1, -0.05) is 24.3 Å². The molecule has 0 spiro atoms. The fourth-order valence-corrected chi connectivity index (χ4v) is 2.35. The van der Waals surface area contributed by atoms with Crippen LogP contribution in [0.4, 0.5) is 11.4 Å². The highest BCUT2D eigenvalue weighted by molar-refractivity contribution is 5.82. The van der Waals surface area contributed by atoms with Crippen molar-refractivity contribution in [2.24, 2.45) is 11.5 Å². The summed E-state index contributed by atoms with van der Waals surface area (Å²) < 4.78 is 0. The number of benzene rings is 2. The summed E-state index contributed by atoms with van der Waals surface area (Å²) in [5.74, 6) is 0.329. The zero-order valence-electron chi connectivity index (χ0n) is 13.7. The summed E-state index contributed by atoms with van der Waals surface area (Å²) >= 11 is 0. The molecule has 0 aliphatic heterocycles. The van der Waals surface area contributed by atoms with Gasteiger partial charge in [0.1, 0.15) is 5.82 Å². The zero-order chi connectivity index (χ0) is 16.3. The number of nitrogens with zero attached hydrogens (tertiary/aromatic N) is 2. The van der Waals surface area contributed by atoms with Crippen molar-refractivity contribution < 1.29 is 0 Å². The van der Waals surface area contributed by atoms with Gasteiger partial charge in [-0.2, -0.15) is 0 Å². The van der Waals surface area contributed by atoms with Gasteiger partial charge < -0.3 is 21.3 Å². The first-order valence-electron chi connectivity index (χ1n) is 7.21. The van der Waals surface area contributed by atoms with Crippen molar-refractivity contribution in [1.82, 2.24) is 0 Å². The third kappa shape index (κ3) is 3.34. The molecule has 4 N–H and O–H groups in total. The second kappa shape index (κ2) is 6.43. The van der Waals surface area contributed by atoms with Crippen LogP contribution in [0.5, 0.6) is 0 Å². The highest BCUT2D eigenvalue weighted by Gasteiger charge is 2.09. The van der Waals surface area contributed by atoms with Gasteiger partial charge >= 0.3 is 0 Å². The zero-order valence-corrected chi connectivity index (χ0v) is 13.7. The molecule has 0 unspecified atom stereocenters. The minimum Gasteiger partial charge on any atom is -0.385 e. The van der Waals surface area contributed by atoms with Crippen LogP contribution in [0.1, 0.15) is 11.1 Å². The normalized spacial score (nSPS) is 10.2. The van der Waals surface area contributed by atoms with Crippen LogP contribution in [-0.2, 0) is 0 Å². The molecule has 4 heteroatoms. The highest BCUT2D eigenvalue weighted by Crippen LogP contribution is 2.27. The van der Waals surface area contributed by atoms with Gasteiger partial charge in [0, 0.05) is 45.1 Å². The molecule has 2 aromatic rings. The average Bonchev–Trinajstić information content (AvgIpc) is 2.48. The Morgan fingerprint density at radius 1 is 0.636 bits per heavy atom. The van der Waals surface area contributed by atoms with Crippen molar-refractivity contribution in [3.63, 3.8) is 0 Å². The molecule has 0 bridgehead atoms. The molecule has 0 amide bonds. The molecule has 0 saturated carbocycles. The van der Waals surface area contributed by atoms with E-state index < -0.39 is 0 Å². The van der Waals surface area contributed by atoms with Crippen LogP contribution in [0.25, 0.3) is 5.57 Å². The lowest BCUT2D eigenvalue weighted by Gasteiger charge is -2.16. The second-order valence-corrected chi connectivity index (χ2v) is 5.71. The van der Waals surface area contributed by atoms with E-state index in [0.717, 1.165) is 28.1 Å². The minimum atomic E-state index is 0.329. The van der Waals surface area contributed by atoms with Gasteiger partial charge in [-0.25, -0.2) is 0 Å². The predicted molar refractivity (Wildman–Crippen MR) is 95.9 cm³/mol. The topological polar surface area (TPSA) is 58.5 Å². The lowest BCUT2D eigenvalue weighted by molar-refractivity contribution is 1.13. The third-order valence-corrected chi connectivity index (χ3v) is 3.63. The molecular weight excluding hydrogens is 272 g/mol. The summed E-state index contributed by atoms with van der Waals surface area (Å²) in [6.07, 6.45) is 0. The summed E-state index contributed by atoms with van der Waals surface area (Å²) in [5, 5.41) is 0. The lowest BCUT2D eigenvalue weighted by atomic mass is 9.97. The fraction of sp³-hybridized carbons (Fsp3) is 0.222. The van der Waals surface area contributed by atoms with E-state index in [4.69, 9.17) is 11.5 Å². The molecule has 0 aliphatic rings. The van der Waals surface area contributed by atoms with Crippen molar-refractivity contribution in [3.8, 4) is 0 Å². The van der Waals surface area contributed by atoms with Gasteiger partial charge in [0.25, 0.3) is 0 Å². The number of rotatable bonds is 4. The summed E-state index contributed by atoms with van der Waals surface area (Å²) in [7, 11) is 8.07. The van der Waals surface area contributed by atoms with Crippen LogP contribution in [0.2, 0.25) is 0 Å². The number of hydrogen-bond acceptors (Lipinski definition) is 4. The molecule has 4 nitrogen and oxygen atoms in total. The largest absolute Gasteiger partial charge is 0.385 e. The first-order valence-corrected chi connectivity index (χ1v) is 7.21. The first kappa shape index (κ1) is 15.8. The SMILES string of the molecule is CN(C)c1ccc(C(=C(N)N)c2ccc(N(C)C)cc2)cc1. The fourth-order valence-electron chi connectivity index (χ4n) is 2.35. The van der Waals surface area contributed by atoms with Crippen LogP contribution in [0.15, 0.2) is 54.4 Å². The van der Waals surface area contributed by atoms with Gasteiger partial charge in [-0.3, -0.25) is 0 Å². The molecule has 116 valence electrons. The van der Waals surface area contributed by atoms with Gasteiger partial charge in [0.2, 0.25) is 0 Å². The molecule has 2 rings (SSSR count). The van der Waals surface area contributed by atoms with E-state index in [9.17, 15) is 0 Å². The molecule has 0 aromatic heterocycles. The molecule has 0 heterocycles. The van der Waals surface area contributed by atoms with Crippen LogP contribution in [0, 0.1) is 0 Å². The smallest absolute Gasteiger partial charge is 0.102 e. The minimum absolute atomic E-state index is 0.329. The van der Waals surface area contributed by atoms with E-state index in [1.165, 1.54) is 0 Å². The van der Waals surface area contributed by atoms with E-state index in [1.54, 1.807) is 0 Å². The van der Waals surface area contributed by atoms with Gasteiger partial charge in [-0.05, 0) is 35.4 Å². The Morgan fingerprint density at radius 3 is 1.18 bits per heavy atom. The predicted octanol–water partition coefficient (Wildman–Crippen LogP) is 2.45. The number of nitrogens with two attached hydrogens (primary N) is 2. The van der Waals surface area contributed by atoms with Gasteiger partial charge in [0.15, 0.2) is 0 Å². The van der Waals surface area contributed by atoms with E-state index in [1.807, 2.05) is 52.5 Å². The van der Waals surface area contributed by atoms with E-state index in [-0.39, 0.29) is 0 Å². The maximum atomic E-state index is 5.93. The first-order chi connectivity index (χ1) is 10.4. The van der Waals surface area contributed by atoms with Crippen molar-refractivity contribution in [3.05, 3.63) is 65.5 Å². The van der Waals surface area contributed by atoms with Crippen molar-refractivity contribution in [1.29, 1.82) is 0 Å². The summed E-state index contributed by atoms with van der Waals surface area (Å²) in [4.78, 5) is 4.12. The monoisotopic (exact) mass is 296 g/mol. The molecule has 0 aliphatic carbocycles. The third-order valence-electron chi connectivity index (χ3n) is 3.63. The Hall–Kier alpha value is -2.62. The van der Waals surface area contributed by atoms with Crippen LogP contribution >= 0.6 is 0 Å². The summed E-state index contributed by atoms with van der Waals surface area (Å²) in [5.41, 5.74) is 17.1. The van der Waals surface area contributed by atoms with E-state index in [0.29, 0.717) is 5.82 Å². The Morgan fingerprint density at radius 2 is 0.955 bits per heavy atom. The van der Waals surface area contributed by atoms with E-state index in [2.05, 4.69) is 34.1 Å². The average molecular weight is 296 g/mol. The molecule has 0 fully saturated rings. The van der Waals surface area contributed by atoms with E-state index >= 15 is 0 Å². The van der Waals surface area contributed by atoms with Gasteiger partial charge in [-0.15, -0.1) is 0 Å². The maximum absolute atomic E-state index is 5.93. The Labute approximate surface area is 132 Å². The molecule has 0 atom stereocenters. The Balaban J connectivity index is 2.41. The molecule has 0 saturated heterocycles. The van der Waals surface area contributed by atoms with Gasteiger partial charge in [0.05, 0.1) is 0 Å². The molecule has 22 heavy (non-hydrogen) atoms. The van der Waals surface area contributed by atoms with Crippen LogP contribution in [0.3, 0.4) is 0 Å². The Kier molecular flexibility index (Phi) is 4.61. The molecule has 2 aromatic carbocycles. The van der Waals surface area contributed by atoms with Crippen molar-refractivity contribution in [2.45, 2.75) is 0 Å². The van der Waals surface area contributed by atoms with Crippen molar-refractivity contribution in [2.75, 3.05) is 38.0 Å². The molecular formula is C18H24N4. The Bertz CT molecular complexity index is 595. The number of hydrogen-bond donors (Lipinski definition) is 2. The lowest BCUT2D eigenvalue weighted by Crippen LogP contribution is -2.13. The summed E-state index contributed by atoms with van der Waals surface area (Å²) in [6.45, 7) is 0. The quantitative estimate of drug-likeness (QED) is 0.910. The van der Waals surface area contributed by atoms with Crippen LogP contribution in [-0.4, -0.2) is 28.2 Å². The maximum Gasteiger partial charge on any atom is 0.102 e. The van der Waals surface area contributed by atoms with Crippen molar-refractivity contribution >= 4 is 16.9 Å². The van der Waals surface area contributed by atoms with Crippen LogP contribution < -0.4 is 21.3 Å².